The molecule has 3 rings (SSSR count). The Kier molecular flexibility index (Phi) is 7.93. The molecule has 8 nitrogen and oxygen atoms in total. The van der Waals surface area contributed by atoms with Crippen molar-refractivity contribution in [3.8, 4) is 0 Å². The van der Waals surface area contributed by atoms with Crippen molar-refractivity contribution in [3.63, 3.8) is 0 Å². The summed E-state index contributed by atoms with van der Waals surface area (Å²) in [5.74, 6) is 1.29. The number of benzene rings is 1. The highest BCUT2D eigenvalue weighted by Gasteiger charge is 2.31. The van der Waals surface area contributed by atoms with E-state index in [4.69, 9.17) is 0 Å². The fourth-order valence-corrected chi connectivity index (χ4v) is 4.13. The lowest BCUT2D eigenvalue weighted by Gasteiger charge is -2.26. The molecular weight excluding hydrogens is 382 g/mol. The first kappa shape index (κ1) is 21.9. The van der Waals surface area contributed by atoms with Gasteiger partial charge in [0.15, 0.2) is 5.96 Å². The predicted molar refractivity (Wildman–Crippen MR) is 117 cm³/mol. The summed E-state index contributed by atoms with van der Waals surface area (Å²) in [7, 11) is 3.08. The van der Waals surface area contributed by atoms with Crippen molar-refractivity contribution in [1.29, 1.82) is 0 Å². The number of carbonyl (C=O) groups is 2. The molecule has 1 atom stereocenters. The Hall–Kier alpha value is -2.77. The number of methoxy groups -OCH3 is 1. The highest BCUT2D eigenvalue weighted by atomic mass is 16.5. The SMILES string of the molecule is CN=C(NCc1ccc(NC(=O)OC)cc1)NC1CCN(C(=O)C2CCCCC2)C1. The van der Waals surface area contributed by atoms with Crippen LogP contribution >= 0.6 is 0 Å². The van der Waals surface area contributed by atoms with E-state index in [2.05, 4.69) is 25.7 Å². The van der Waals surface area contributed by atoms with Crippen LogP contribution in [0.3, 0.4) is 0 Å². The molecule has 8 heteroatoms. The van der Waals surface area contributed by atoms with Gasteiger partial charge in [-0.3, -0.25) is 15.1 Å². The topological polar surface area (TPSA) is 95.1 Å². The molecule has 3 N–H and O–H groups in total. The van der Waals surface area contributed by atoms with Gasteiger partial charge in [-0.2, -0.15) is 0 Å². The van der Waals surface area contributed by atoms with Gasteiger partial charge < -0.3 is 20.3 Å². The number of hydrogen-bond acceptors (Lipinski definition) is 4. The molecule has 2 fully saturated rings. The first-order valence-corrected chi connectivity index (χ1v) is 10.8. The van der Waals surface area contributed by atoms with Gasteiger partial charge in [-0.1, -0.05) is 31.4 Å². The Balaban J connectivity index is 1.43. The summed E-state index contributed by atoms with van der Waals surface area (Å²) in [6, 6.07) is 7.75. The van der Waals surface area contributed by atoms with E-state index < -0.39 is 6.09 Å². The number of nitrogens with one attached hydrogen (secondary N) is 3. The maximum Gasteiger partial charge on any atom is 0.411 e. The van der Waals surface area contributed by atoms with Gasteiger partial charge in [-0.15, -0.1) is 0 Å². The van der Waals surface area contributed by atoms with Crippen molar-refractivity contribution >= 4 is 23.6 Å². The highest BCUT2D eigenvalue weighted by molar-refractivity contribution is 5.84. The van der Waals surface area contributed by atoms with Gasteiger partial charge in [-0.05, 0) is 37.0 Å². The Morgan fingerprint density at radius 1 is 1.13 bits per heavy atom. The summed E-state index contributed by atoms with van der Waals surface area (Å²) < 4.78 is 4.59. The van der Waals surface area contributed by atoms with Gasteiger partial charge in [-0.25, -0.2) is 4.79 Å². The number of hydrogen-bond donors (Lipinski definition) is 3. The number of anilines is 1. The van der Waals surface area contributed by atoms with Crippen molar-refractivity contribution in [2.45, 2.75) is 51.1 Å². The highest BCUT2D eigenvalue weighted by Crippen LogP contribution is 2.26. The molecule has 0 aromatic heterocycles. The van der Waals surface area contributed by atoms with Crippen LogP contribution in [0.25, 0.3) is 0 Å². The van der Waals surface area contributed by atoms with E-state index in [-0.39, 0.29) is 12.0 Å². The average Bonchev–Trinajstić information content (AvgIpc) is 3.26. The third-order valence-electron chi connectivity index (χ3n) is 5.86. The summed E-state index contributed by atoms with van der Waals surface area (Å²) in [6.45, 7) is 2.16. The Morgan fingerprint density at radius 2 is 1.87 bits per heavy atom. The van der Waals surface area contributed by atoms with E-state index in [1.54, 1.807) is 7.05 Å². The van der Waals surface area contributed by atoms with Gasteiger partial charge >= 0.3 is 6.09 Å². The van der Waals surface area contributed by atoms with Gasteiger partial charge in [0, 0.05) is 44.3 Å². The number of rotatable bonds is 5. The second kappa shape index (κ2) is 10.8. The molecule has 1 heterocycles. The quantitative estimate of drug-likeness (QED) is 0.508. The van der Waals surface area contributed by atoms with Crippen LogP contribution in [0.5, 0.6) is 0 Å². The number of carbonyl (C=O) groups excluding carboxylic acids is 2. The molecule has 1 aliphatic heterocycles. The van der Waals surface area contributed by atoms with Crippen LogP contribution in [0.2, 0.25) is 0 Å². The van der Waals surface area contributed by atoms with Gasteiger partial charge in [0.2, 0.25) is 5.91 Å². The molecule has 1 saturated heterocycles. The Bertz CT molecular complexity index is 744. The zero-order chi connectivity index (χ0) is 21.3. The van der Waals surface area contributed by atoms with E-state index in [9.17, 15) is 9.59 Å². The number of guanidine groups is 1. The maximum absolute atomic E-state index is 12.7. The third-order valence-corrected chi connectivity index (χ3v) is 5.86. The summed E-state index contributed by atoms with van der Waals surface area (Å²) in [5, 5.41) is 9.39. The molecule has 0 spiro atoms. The lowest BCUT2D eigenvalue weighted by molar-refractivity contribution is -0.135. The van der Waals surface area contributed by atoms with Crippen LogP contribution in [-0.4, -0.2) is 56.1 Å². The van der Waals surface area contributed by atoms with Crippen molar-refractivity contribution in [2.75, 3.05) is 32.6 Å². The van der Waals surface area contributed by atoms with Crippen LogP contribution in [0.15, 0.2) is 29.3 Å². The minimum atomic E-state index is -0.488. The van der Waals surface area contributed by atoms with Crippen LogP contribution in [0.1, 0.15) is 44.1 Å². The van der Waals surface area contributed by atoms with Gasteiger partial charge in [0.1, 0.15) is 0 Å². The fourth-order valence-electron chi connectivity index (χ4n) is 4.13. The summed E-state index contributed by atoms with van der Waals surface area (Å²) in [6.07, 6.45) is 6.17. The molecule has 1 aromatic rings. The van der Waals surface area contributed by atoms with E-state index in [0.29, 0.717) is 18.1 Å². The van der Waals surface area contributed by atoms with Crippen LogP contribution < -0.4 is 16.0 Å². The lowest BCUT2D eigenvalue weighted by atomic mass is 9.88. The number of ether oxygens (including phenoxy) is 1. The van der Waals surface area contributed by atoms with Crippen LogP contribution in [-0.2, 0) is 16.1 Å². The molecule has 30 heavy (non-hydrogen) atoms. The van der Waals surface area contributed by atoms with Gasteiger partial charge in [0.25, 0.3) is 0 Å². The molecule has 164 valence electrons. The molecule has 0 radical (unpaired) electrons. The monoisotopic (exact) mass is 415 g/mol. The summed E-state index contributed by atoms with van der Waals surface area (Å²) in [4.78, 5) is 30.3. The average molecular weight is 416 g/mol. The number of nitrogens with zero attached hydrogens (tertiary/aromatic N) is 2. The second-order valence-electron chi connectivity index (χ2n) is 7.99. The molecule has 1 unspecified atom stereocenters. The first-order chi connectivity index (χ1) is 14.6. The molecular formula is C22H33N5O3. The zero-order valence-corrected chi connectivity index (χ0v) is 17.9. The lowest BCUT2D eigenvalue weighted by Crippen LogP contribution is -2.45. The Labute approximate surface area is 178 Å². The molecule has 1 saturated carbocycles. The molecule has 1 aliphatic carbocycles. The largest absolute Gasteiger partial charge is 0.453 e. The van der Waals surface area contributed by atoms with Crippen molar-refractivity contribution in [2.24, 2.45) is 10.9 Å². The van der Waals surface area contributed by atoms with E-state index in [1.165, 1.54) is 26.4 Å². The fraction of sp³-hybridized carbons (Fsp3) is 0.591. The minimum absolute atomic E-state index is 0.218. The molecule has 2 amide bonds. The zero-order valence-electron chi connectivity index (χ0n) is 17.9. The Morgan fingerprint density at radius 3 is 2.53 bits per heavy atom. The van der Waals surface area contributed by atoms with Crippen molar-refractivity contribution in [3.05, 3.63) is 29.8 Å². The first-order valence-electron chi connectivity index (χ1n) is 10.8. The maximum atomic E-state index is 12.7. The number of likely N-dealkylation sites (tertiary alicyclic amines) is 1. The van der Waals surface area contributed by atoms with Crippen LogP contribution in [0, 0.1) is 5.92 Å². The van der Waals surface area contributed by atoms with Crippen molar-refractivity contribution in [1.82, 2.24) is 15.5 Å². The minimum Gasteiger partial charge on any atom is -0.453 e. The van der Waals surface area contributed by atoms with E-state index in [1.807, 2.05) is 29.2 Å². The standard InChI is InChI=1S/C22H33N5O3/c1-23-21(24-14-16-8-10-18(11-9-16)26-22(29)30-2)25-19-12-13-27(15-19)20(28)17-6-4-3-5-7-17/h8-11,17,19H,3-7,12-15H2,1-2H3,(H,26,29)(H2,23,24,25). The molecule has 0 bridgehead atoms. The van der Waals surface area contributed by atoms with Gasteiger partial charge in [0.05, 0.1) is 7.11 Å². The third kappa shape index (κ3) is 6.11. The predicted octanol–water partition coefficient (Wildman–Crippen LogP) is 2.71. The smallest absolute Gasteiger partial charge is 0.411 e. The van der Waals surface area contributed by atoms with E-state index in [0.717, 1.165) is 43.9 Å². The normalized spacial score (nSPS) is 20.0. The number of aliphatic imine (C=N–C) groups is 1. The molecule has 1 aromatic carbocycles. The number of amides is 2. The molecule has 2 aliphatic rings. The van der Waals surface area contributed by atoms with Crippen LogP contribution in [0.4, 0.5) is 10.5 Å². The van der Waals surface area contributed by atoms with Crippen molar-refractivity contribution < 1.29 is 14.3 Å². The summed E-state index contributed by atoms with van der Waals surface area (Å²) >= 11 is 0. The second-order valence-corrected chi connectivity index (χ2v) is 7.99. The summed E-state index contributed by atoms with van der Waals surface area (Å²) in [5.41, 5.74) is 1.75. The van der Waals surface area contributed by atoms with E-state index >= 15 is 0 Å².